The molecule has 2 aromatic carbocycles. The number of aliphatic hydroxyl groups excluding tert-OH is 1. The number of hydrogen-bond acceptors (Lipinski definition) is 1. The number of aliphatic hydroxyl groups is 1. The van der Waals surface area contributed by atoms with E-state index in [0.29, 0.717) is 0 Å². The van der Waals surface area contributed by atoms with E-state index in [0.717, 1.165) is 25.6 Å². The van der Waals surface area contributed by atoms with Crippen LogP contribution in [0.1, 0.15) is 5.56 Å². The van der Waals surface area contributed by atoms with Gasteiger partial charge in [0.25, 0.3) is 0 Å². The second-order valence-electron chi connectivity index (χ2n) is 3.52. The molecule has 1 N–H and O–H groups in total. The Labute approximate surface area is 111 Å². The molecule has 16 heavy (non-hydrogen) atoms. The fraction of sp³-hybridized carbons (Fsp3) is 0.0769. The quantitative estimate of drug-likeness (QED) is 0.859. The van der Waals surface area contributed by atoms with Gasteiger partial charge in [-0.15, -0.1) is 0 Å². The Kier molecular flexibility index (Phi) is 3.79. The first-order valence-electron chi connectivity index (χ1n) is 4.85. The minimum atomic E-state index is 0.0724. The van der Waals surface area contributed by atoms with E-state index in [9.17, 15) is 0 Å². The maximum absolute atomic E-state index is 9.10. The summed E-state index contributed by atoms with van der Waals surface area (Å²) in [6, 6.07) is 14.0. The Morgan fingerprint density at radius 1 is 0.875 bits per heavy atom. The third-order valence-electron chi connectivity index (χ3n) is 2.31. The molecule has 2 rings (SSSR count). The van der Waals surface area contributed by atoms with Gasteiger partial charge in [-0.3, -0.25) is 0 Å². The zero-order valence-corrected chi connectivity index (χ0v) is 11.6. The number of rotatable bonds is 2. The van der Waals surface area contributed by atoms with Crippen LogP contribution < -0.4 is 0 Å². The lowest BCUT2D eigenvalue weighted by molar-refractivity contribution is 0.282. The van der Waals surface area contributed by atoms with Gasteiger partial charge in [0.05, 0.1) is 6.61 Å². The highest BCUT2D eigenvalue weighted by Crippen LogP contribution is 2.28. The number of benzene rings is 2. The van der Waals surface area contributed by atoms with Crippen LogP contribution in [0.25, 0.3) is 11.1 Å². The van der Waals surface area contributed by atoms with Crippen molar-refractivity contribution >= 4 is 31.9 Å². The zero-order chi connectivity index (χ0) is 11.5. The van der Waals surface area contributed by atoms with Gasteiger partial charge in [-0.25, -0.2) is 0 Å². The van der Waals surface area contributed by atoms with Crippen LogP contribution in [0.15, 0.2) is 51.4 Å². The van der Waals surface area contributed by atoms with E-state index in [2.05, 4.69) is 44.0 Å². The van der Waals surface area contributed by atoms with Crippen molar-refractivity contribution in [2.24, 2.45) is 0 Å². The van der Waals surface area contributed by atoms with Gasteiger partial charge < -0.3 is 5.11 Å². The van der Waals surface area contributed by atoms with Gasteiger partial charge >= 0.3 is 0 Å². The molecule has 0 heterocycles. The molecule has 0 spiro atoms. The van der Waals surface area contributed by atoms with E-state index in [1.807, 2.05) is 30.3 Å². The summed E-state index contributed by atoms with van der Waals surface area (Å²) in [5.74, 6) is 0. The average molecular weight is 342 g/mol. The van der Waals surface area contributed by atoms with E-state index in [-0.39, 0.29) is 6.61 Å². The maximum Gasteiger partial charge on any atom is 0.0682 e. The lowest BCUT2D eigenvalue weighted by Crippen LogP contribution is -1.84. The fourth-order valence-corrected chi connectivity index (χ4v) is 2.86. The van der Waals surface area contributed by atoms with Gasteiger partial charge in [0.2, 0.25) is 0 Å². The lowest BCUT2D eigenvalue weighted by Gasteiger charge is -2.05. The van der Waals surface area contributed by atoms with Gasteiger partial charge in [0, 0.05) is 8.95 Å². The Morgan fingerprint density at radius 2 is 1.56 bits per heavy atom. The van der Waals surface area contributed by atoms with Crippen LogP contribution in [-0.4, -0.2) is 5.11 Å². The maximum atomic E-state index is 9.10. The topological polar surface area (TPSA) is 20.2 Å². The summed E-state index contributed by atoms with van der Waals surface area (Å²) >= 11 is 6.93. The molecule has 0 aromatic heterocycles. The minimum absolute atomic E-state index is 0.0724. The van der Waals surface area contributed by atoms with Crippen LogP contribution in [-0.2, 0) is 6.61 Å². The summed E-state index contributed by atoms with van der Waals surface area (Å²) in [5, 5.41) is 9.10. The standard InChI is InChI=1S/C13H10Br2O/c14-12-5-11(6-13(15)7-12)10-3-1-2-9(4-10)8-16/h1-7,16H,8H2. The van der Waals surface area contributed by atoms with Crippen molar-refractivity contribution in [3.05, 3.63) is 57.0 Å². The van der Waals surface area contributed by atoms with Crippen LogP contribution >= 0.6 is 31.9 Å². The molecule has 0 amide bonds. The van der Waals surface area contributed by atoms with Gasteiger partial charge in [-0.2, -0.15) is 0 Å². The summed E-state index contributed by atoms with van der Waals surface area (Å²) in [7, 11) is 0. The minimum Gasteiger partial charge on any atom is -0.392 e. The lowest BCUT2D eigenvalue weighted by atomic mass is 10.0. The number of halogens is 2. The van der Waals surface area contributed by atoms with Crippen LogP contribution in [0, 0.1) is 0 Å². The highest BCUT2D eigenvalue weighted by molar-refractivity contribution is 9.11. The molecule has 0 bridgehead atoms. The van der Waals surface area contributed by atoms with Crippen LogP contribution in [0.5, 0.6) is 0 Å². The molecule has 0 aliphatic heterocycles. The highest BCUT2D eigenvalue weighted by atomic mass is 79.9. The zero-order valence-electron chi connectivity index (χ0n) is 8.45. The van der Waals surface area contributed by atoms with E-state index >= 15 is 0 Å². The Hall–Kier alpha value is -0.640. The van der Waals surface area contributed by atoms with Crippen LogP contribution in [0.2, 0.25) is 0 Å². The van der Waals surface area contributed by atoms with E-state index < -0.39 is 0 Å². The van der Waals surface area contributed by atoms with Crippen molar-refractivity contribution in [1.82, 2.24) is 0 Å². The van der Waals surface area contributed by atoms with Crippen LogP contribution in [0.3, 0.4) is 0 Å². The molecule has 0 saturated heterocycles. The summed E-state index contributed by atoms with van der Waals surface area (Å²) in [5.41, 5.74) is 3.15. The first-order valence-corrected chi connectivity index (χ1v) is 6.44. The highest BCUT2D eigenvalue weighted by Gasteiger charge is 2.01. The van der Waals surface area contributed by atoms with Crippen molar-refractivity contribution < 1.29 is 5.11 Å². The van der Waals surface area contributed by atoms with Gasteiger partial charge in [-0.05, 0) is 41.0 Å². The SMILES string of the molecule is OCc1cccc(-c2cc(Br)cc(Br)c2)c1. The molecule has 0 saturated carbocycles. The molecular formula is C13H10Br2O. The van der Waals surface area contributed by atoms with Crippen LogP contribution in [0.4, 0.5) is 0 Å². The monoisotopic (exact) mass is 340 g/mol. The molecule has 0 aliphatic rings. The molecule has 82 valence electrons. The second kappa shape index (κ2) is 5.13. The molecule has 0 fully saturated rings. The Morgan fingerprint density at radius 3 is 2.19 bits per heavy atom. The van der Waals surface area contributed by atoms with Crippen molar-refractivity contribution in [3.8, 4) is 11.1 Å². The second-order valence-corrected chi connectivity index (χ2v) is 5.35. The van der Waals surface area contributed by atoms with E-state index in [4.69, 9.17) is 5.11 Å². The average Bonchev–Trinajstić information content (AvgIpc) is 2.28. The molecule has 0 atom stereocenters. The third-order valence-corrected chi connectivity index (χ3v) is 3.22. The predicted octanol–water partition coefficient (Wildman–Crippen LogP) is 4.37. The largest absolute Gasteiger partial charge is 0.392 e. The predicted molar refractivity (Wildman–Crippen MR) is 73.2 cm³/mol. The molecule has 2 aromatic rings. The van der Waals surface area contributed by atoms with Crippen molar-refractivity contribution in [2.75, 3.05) is 0 Å². The summed E-state index contributed by atoms with van der Waals surface area (Å²) in [6.07, 6.45) is 0. The van der Waals surface area contributed by atoms with E-state index in [1.165, 1.54) is 0 Å². The molecule has 0 aliphatic carbocycles. The Bertz CT molecular complexity index is 489. The van der Waals surface area contributed by atoms with Gasteiger partial charge in [-0.1, -0.05) is 50.1 Å². The van der Waals surface area contributed by atoms with Crippen molar-refractivity contribution in [2.45, 2.75) is 6.61 Å². The number of hydrogen-bond donors (Lipinski definition) is 1. The summed E-state index contributed by atoms with van der Waals surface area (Å²) in [4.78, 5) is 0. The van der Waals surface area contributed by atoms with Gasteiger partial charge in [0.15, 0.2) is 0 Å². The van der Waals surface area contributed by atoms with Gasteiger partial charge in [0.1, 0.15) is 0 Å². The third kappa shape index (κ3) is 2.73. The molecule has 1 nitrogen and oxygen atoms in total. The van der Waals surface area contributed by atoms with Crippen molar-refractivity contribution in [1.29, 1.82) is 0 Å². The van der Waals surface area contributed by atoms with E-state index in [1.54, 1.807) is 0 Å². The molecule has 0 unspecified atom stereocenters. The first kappa shape index (κ1) is 11.8. The summed E-state index contributed by atoms with van der Waals surface area (Å²) in [6.45, 7) is 0.0724. The molecule has 3 heteroatoms. The summed E-state index contributed by atoms with van der Waals surface area (Å²) < 4.78 is 2.07. The normalized spacial score (nSPS) is 10.4. The molecular weight excluding hydrogens is 332 g/mol. The van der Waals surface area contributed by atoms with Crippen molar-refractivity contribution in [3.63, 3.8) is 0 Å². The smallest absolute Gasteiger partial charge is 0.0682 e. The molecule has 0 radical (unpaired) electrons. The fourth-order valence-electron chi connectivity index (χ4n) is 1.57. The Balaban J connectivity index is 2.49. The first-order chi connectivity index (χ1) is 7.69.